The molecule has 2 amide bonds. The zero-order valence-electron chi connectivity index (χ0n) is 13.3. The van der Waals surface area contributed by atoms with Gasteiger partial charge < -0.3 is 4.74 Å². The monoisotopic (exact) mass is 322 g/mol. The van der Waals surface area contributed by atoms with E-state index in [2.05, 4.69) is 10.9 Å². The lowest BCUT2D eigenvalue weighted by molar-refractivity contribution is -0.132. The molecule has 0 heterocycles. The van der Waals surface area contributed by atoms with Crippen LogP contribution in [0.15, 0.2) is 24.3 Å². The number of hydrogen-bond donors (Lipinski definition) is 2. The molecule has 0 saturated heterocycles. The van der Waals surface area contributed by atoms with Gasteiger partial charge in [0.25, 0.3) is 5.91 Å². The van der Waals surface area contributed by atoms with Gasteiger partial charge in [0.15, 0.2) is 17.7 Å². The molecule has 2 rings (SSSR count). The average Bonchev–Trinajstić information content (AvgIpc) is 3.06. The maximum Gasteiger partial charge on any atom is 0.279 e. The minimum absolute atomic E-state index is 0.00251. The fraction of sp³-hybridized carbons (Fsp3) is 0.529. The number of carbonyl (C=O) groups excluding carboxylic acids is 2. The summed E-state index contributed by atoms with van der Waals surface area (Å²) in [5.74, 6) is -0.652. The smallest absolute Gasteiger partial charge is 0.279 e. The number of ether oxygens (including phenoxy) is 1. The third-order valence-corrected chi connectivity index (χ3v) is 4.09. The molecule has 0 radical (unpaired) electrons. The van der Waals surface area contributed by atoms with Gasteiger partial charge in [0, 0.05) is 6.42 Å². The molecule has 1 aliphatic rings. The Labute approximate surface area is 135 Å². The number of hydrazine groups is 1. The van der Waals surface area contributed by atoms with E-state index in [4.69, 9.17) is 4.74 Å². The van der Waals surface area contributed by atoms with Crippen molar-refractivity contribution in [1.29, 1.82) is 0 Å². The lowest BCUT2D eigenvalue weighted by atomic mass is 10.0. The zero-order chi connectivity index (χ0) is 16.7. The Bertz CT molecular complexity index is 544. The minimum Gasteiger partial charge on any atom is -0.478 e. The van der Waals surface area contributed by atoms with E-state index in [-0.39, 0.29) is 11.7 Å². The van der Waals surface area contributed by atoms with Gasteiger partial charge in [-0.15, -0.1) is 0 Å². The summed E-state index contributed by atoms with van der Waals surface area (Å²) in [6.07, 6.45) is 5.19. The lowest BCUT2D eigenvalue weighted by Crippen LogP contribution is -2.47. The number of nitrogens with one attached hydrogen (secondary N) is 2. The molecular weight excluding hydrogens is 299 g/mol. The summed E-state index contributed by atoms with van der Waals surface area (Å²) >= 11 is 0. The van der Waals surface area contributed by atoms with Gasteiger partial charge in [-0.1, -0.05) is 37.8 Å². The van der Waals surface area contributed by atoms with E-state index in [9.17, 15) is 14.0 Å². The predicted molar refractivity (Wildman–Crippen MR) is 84.0 cm³/mol. The molecule has 0 unspecified atom stereocenters. The Kier molecular flexibility index (Phi) is 6.38. The topological polar surface area (TPSA) is 67.4 Å². The van der Waals surface area contributed by atoms with Crippen LogP contribution in [0.25, 0.3) is 0 Å². The maximum absolute atomic E-state index is 13.4. The number of hydrogen-bond acceptors (Lipinski definition) is 3. The Balaban J connectivity index is 1.68. The summed E-state index contributed by atoms with van der Waals surface area (Å²) in [6.45, 7) is 1.49. The number of rotatable bonds is 6. The number of para-hydroxylation sites is 1. The van der Waals surface area contributed by atoms with Gasteiger partial charge in [-0.3, -0.25) is 20.4 Å². The summed E-state index contributed by atoms with van der Waals surface area (Å²) in [6, 6.07) is 5.86. The molecule has 5 nitrogen and oxygen atoms in total. The van der Waals surface area contributed by atoms with Crippen molar-refractivity contribution in [3.8, 4) is 5.75 Å². The zero-order valence-corrected chi connectivity index (χ0v) is 13.3. The molecule has 126 valence electrons. The van der Waals surface area contributed by atoms with Gasteiger partial charge in [-0.2, -0.15) is 0 Å². The number of carbonyl (C=O) groups is 2. The first-order valence-electron chi connectivity index (χ1n) is 8.06. The third-order valence-electron chi connectivity index (χ3n) is 4.09. The molecule has 0 aromatic heterocycles. The molecular formula is C17H23FN2O3. The fourth-order valence-corrected chi connectivity index (χ4v) is 2.71. The van der Waals surface area contributed by atoms with Gasteiger partial charge in [-0.25, -0.2) is 4.39 Å². The molecule has 2 N–H and O–H groups in total. The van der Waals surface area contributed by atoms with Crippen LogP contribution in [0.2, 0.25) is 0 Å². The lowest BCUT2D eigenvalue weighted by Gasteiger charge is -2.15. The van der Waals surface area contributed by atoms with Crippen LogP contribution in [-0.2, 0) is 9.59 Å². The van der Waals surface area contributed by atoms with E-state index in [1.807, 2.05) is 0 Å². The van der Waals surface area contributed by atoms with Crippen molar-refractivity contribution >= 4 is 11.8 Å². The van der Waals surface area contributed by atoms with Crippen LogP contribution in [0, 0.1) is 11.7 Å². The maximum atomic E-state index is 13.4. The highest BCUT2D eigenvalue weighted by molar-refractivity contribution is 5.84. The second-order valence-electron chi connectivity index (χ2n) is 5.92. The SMILES string of the molecule is C[C@H](Oc1ccccc1F)C(=O)NNC(=O)CCC1CCCC1. The van der Waals surface area contributed by atoms with Crippen LogP contribution < -0.4 is 15.6 Å². The average molecular weight is 322 g/mol. The van der Waals surface area contributed by atoms with Crippen LogP contribution >= 0.6 is 0 Å². The molecule has 0 aliphatic heterocycles. The van der Waals surface area contributed by atoms with E-state index in [1.165, 1.54) is 50.8 Å². The fourth-order valence-electron chi connectivity index (χ4n) is 2.71. The highest BCUT2D eigenvalue weighted by atomic mass is 19.1. The molecule has 23 heavy (non-hydrogen) atoms. The predicted octanol–water partition coefficient (Wildman–Crippen LogP) is 2.71. The van der Waals surface area contributed by atoms with Crippen LogP contribution in [-0.4, -0.2) is 17.9 Å². The van der Waals surface area contributed by atoms with Crippen molar-refractivity contribution in [2.45, 2.75) is 51.6 Å². The second-order valence-corrected chi connectivity index (χ2v) is 5.92. The minimum atomic E-state index is -0.915. The van der Waals surface area contributed by atoms with E-state index in [1.54, 1.807) is 6.07 Å². The second kappa shape index (κ2) is 8.50. The van der Waals surface area contributed by atoms with Crippen LogP contribution in [0.4, 0.5) is 4.39 Å². The molecule has 1 fully saturated rings. The van der Waals surface area contributed by atoms with Crippen LogP contribution in [0.1, 0.15) is 45.4 Å². The summed E-state index contributed by atoms with van der Waals surface area (Å²) in [5.41, 5.74) is 4.69. The van der Waals surface area contributed by atoms with Gasteiger partial charge >= 0.3 is 0 Å². The van der Waals surface area contributed by atoms with Crippen LogP contribution in [0.5, 0.6) is 5.75 Å². The quantitative estimate of drug-likeness (QED) is 0.791. The van der Waals surface area contributed by atoms with Gasteiger partial charge in [0.1, 0.15) is 0 Å². The van der Waals surface area contributed by atoms with Crippen molar-refractivity contribution in [2.75, 3.05) is 0 Å². The van der Waals surface area contributed by atoms with Gasteiger partial charge in [0.2, 0.25) is 5.91 Å². The highest BCUT2D eigenvalue weighted by Gasteiger charge is 2.18. The Morgan fingerprint density at radius 3 is 2.65 bits per heavy atom. The first-order valence-corrected chi connectivity index (χ1v) is 8.06. The first kappa shape index (κ1) is 17.2. The Hall–Kier alpha value is -2.11. The highest BCUT2D eigenvalue weighted by Crippen LogP contribution is 2.28. The van der Waals surface area contributed by atoms with E-state index < -0.39 is 17.8 Å². The molecule has 1 saturated carbocycles. The van der Waals surface area contributed by atoms with Crippen molar-refractivity contribution < 1.29 is 18.7 Å². The van der Waals surface area contributed by atoms with Gasteiger partial charge in [0.05, 0.1) is 0 Å². The molecule has 0 bridgehead atoms. The molecule has 1 aromatic carbocycles. The summed E-state index contributed by atoms with van der Waals surface area (Å²) < 4.78 is 18.7. The molecule has 1 atom stereocenters. The van der Waals surface area contributed by atoms with Crippen LogP contribution in [0.3, 0.4) is 0 Å². The largest absolute Gasteiger partial charge is 0.478 e. The van der Waals surface area contributed by atoms with Crippen molar-refractivity contribution in [2.24, 2.45) is 5.92 Å². The van der Waals surface area contributed by atoms with Crippen molar-refractivity contribution in [3.63, 3.8) is 0 Å². The third kappa shape index (κ3) is 5.54. The van der Waals surface area contributed by atoms with E-state index in [0.717, 1.165) is 6.42 Å². The molecule has 1 aromatic rings. The summed E-state index contributed by atoms with van der Waals surface area (Å²) in [7, 11) is 0. The van der Waals surface area contributed by atoms with E-state index >= 15 is 0 Å². The first-order chi connectivity index (χ1) is 11.1. The Morgan fingerprint density at radius 2 is 1.96 bits per heavy atom. The molecule has 0 spiro atoms. The standard InChI is InChI=1S/C17H23FN2O3/c1-12(23-15-9-5-4-8-14(15)18)17(22)20-19-16(21)11-10-13-6-2-3-7-13/h4-5,8-9,12-13H,2-3,6-7,10-11H2,1H3,(H,19,21)(H,20,22)/t12-/m0/s1. The van der Waals surface area contributed by atoms with Crippen molar-refractivity contribution in [3.05, 3.63) is 30.1 Å². The van der Waals surface area contributed by atoms with Crippen molar-refractivity contribution in [1.82, 2.24) is 10.9 Å². The molecule has 6 heteroatoms. The normalized spacial score (nSPS) is 15.9. The summed E-state index contributed by atoms with van der Waals surface area (Å²) in [5, 5.41) is 0. The number of halogens is 1. The Morgan fingerprint density at radius 1 is 1.26 bits per heavy atom. The summed E-state index contributed by atoms with van der Waals surface area (Å²) in [4.78, 5) is 23.6. The number of amides is 2. The van der Waals surface area contributed by atoms with E-state index in [0.29, 0.717) is 12.3 Å². The molecule has 1 aliphatic carbocycles. The van der Waals surface area contributed by atoms with Gasteiger partial charge in [-0.05, 0) is 31.4 Å². The number of benzene rings is 1.